The highest BCUT2D eigenvalue weighted by Crippen LogP contribution is 2.27. The number of aryl methyl sites for hydroxylation is 2. The van der Waals surface area contributed by atoms with Crippen molar-refractivity contribution in [3.05, 3.63) is 86.6 Å². The van der Waals surface area contributed by atoms with Crippen LogP contribution in [0.1, 0.15) is 36.8 Å². The van der Waals surface area contributed by atoms with Gasteiger partial charge in [0, 0.05) is 24.0 Å². The fourth-order valence-electron chi connectivity index (χ4n) is 3.37. The predicted molar refractivity (Wildman–Crippen MR) is 127 cm³/mol. The van der Waals surface area contributed by atoms with Crippen molar-refractivity contribution in [1.29, 1.82) is 0 Å². The van der Waals surface area contributed by atoms with E-state index in [1.807, 2.05) is 0 Å². The van der Waals surface area contributed by atoms with Crippen molar-refractivity contribution in [2.45, 2.75) is 39.9 Å². The molecule has 4 rings (SSSR count). The Bertz CT molecular complexity index is 1520. The Balaban J connectivity index is 1.72. The van der Waals surface area contributed by atoms with Crippen LogP contribution in [0.2, 0.25) is 5.02 Å². The molecule has 0 aromatic carbocycles. The molecule has 0 aliphatic carbocycles. The molecule has 0 fully saturated rings. The third-order valence-electron chi connectivity index (χ3n) is 5.21. The maximum atomic E-state index is 13.9. The zero-order valence-corrected chi connectivity index (χ0v) is 20.5. The van der Waals surface area contributed by atoms with Gasteiger partial charge in [-0.05, 0) is 39.8 Å². The summed E-state index contributed by atoms with van der Waals surface area (Å²) in [5.74, 6) is -1.47. The number of ether oxygens (including phenoxy) is 1. The molecule has 0 saturated heterocycles. The smallest absolute Gasteiger partial charge is 0.277 e. The first-order valence-corrected chi connectivity index (χ1v) is 11.1. The number of pyridine rings is 2. The molecule has 0 spiro atoms. The van der Waals surface area contributed by atoms with Gasteiger partial charge < -0.3 is 9.84 Å². The van der Waals surface area contributed by atoms with Gasteiger partial charge in [-0.15, -0.1) is 5.10 Å². The van der Waals surface area contributed by atoms with Gasteiger partial charge in [-0.1, -0.05) is 11.6 Å². The van der Waals surface area contributed by atoms with Gasteiger partial charge in [-0.3, -0.25) is 14.3 Å². The molecule has 1 N–H and O–H groups in total. The maximum Gasteiger partial charge on any atom is 0.277 e. The average molecular weight is 515 g/mol. The van der Waals surface area contributed by atoms with Gasteiger partial charge in [-0.2, -0.15) is 5.10 Å². The summed E-state index contributed by atoms with van der Waals surface area (Å²) < 4.78 is 33.9. The molecule has 0 saturated carbocycles. The fraction of sp³-hybridized carbons (Fsp3) is 0.250. The standard InChI is InChI=1S/C24H21ClF2N6O3/c1-12-7-20(36-11-18-15(27)8-14(26)10-29-18)21(25)22(34)33(12)19-9-17(32-31-13(19)2)16-5-6-28-23(30-16)24(3,4)35/h5-10,35H,11H2,1-4H3. The number of hydrogen-bond donors (Lipinski definition) is 1. The fourth-order valence-corrected chi connectivity index (χ4v) is 3.57. The molecule has 12 heteroatoms. The Kier molecular flexibility index (Phi) is 6.79. The second-order valence-electron chi connectivity index (χ2n) is 8.50. The zero-order chi connectivity index (χ0) is 26.2. The molecule has 0 aliphatic heterocycles. The Labute approximate surface area is 209 Å². The van der Waals surface area contributed by atoms with Crippen molar-refractivity contribution in [3.63, 3.8) is 0 Å². The van der Waals surface area contributed by atoms with E-state index in [-0.39, 0.29) is 28.9 Å². The van der Waals surface area contributed by atoms with Crippen molar-refractivity contribution in [3.8, 4) is 22.8 Å². The van der Waals surface area contributed by atoms with E-state index < -0.39 is 22.8 Å². The van der Waals surface area contributed by atoms with E-state index in [1.165, 1.54) is 16.8 Å². The van der Waals surface area contributed by atoms with Crippen LogP contribution < -0.4 is 10.3 Å². The molecule has 186 valence electrons. The van der Waals surface area contributed by atoms with Gasteiger partial charge in [-0.25, -0.2) is 18.7 Å². The molecule has 0 unspecified atom stereocenters. The van der Waals surface area contributed by atoms with Crippen LogP contribution in [0, 0.1) is 25.5 Å². The molecule has 4 aromatic heterocycles. The molecule has 0 radical (unpaired) electrons. The van der Waals surface area contributed by atoms with Gasteiger partial charge in [0.05, 0.1) is 23.3 Å². The van der Waals surface area contributed by atoms with Crippen molar-refractivity contribution in [2.24, 2.45) is 0 Å². The van der Waals surface area contributed by atoms with E-state index in [2.05, 4.69) is 25.1 Å². The highest BCUT2D eigenvalue weighted by atomic mass is 35.5. The molecule has 4 aromatic rings. The summed E-state index contributed by atoms with van der Waals surface area (Å²) in [6.07, 6.45) is 2.36. The number of halogens is 3. The quantitative estimate of drug-likeness (QED) is 0.412. The Morgan fingerprint density at radius 1 is 1.11 bits per heavy atom. The number of rotatable bonds is 6. The average Bonchev–Trinajstić information content (AvgIpc) is 2.82. The van der Waals surface area contributed by atoms with Gasteiger partial charge in [0.2, 0.25) is 0 Å². The van der Waals surface area contributed by atoms with Crippen LogP contribution in [0.5, 0.6) is 5.75 Å². The summed E-state index contributed by atoms with van der Waals surface area (Å²) >= 11 is 6.31. The minimum atomic E-state index is -1.26. The van der Waals surface area contributed by atoms with Crippen molar-refractivity contribution in [1.82, 2.24) is 29.7 Å². The Hall–Kier alpha value is -3.83. The van der Waals surface area contributed by atoms with E-state index in [9.17, 15) is 18.7 Å². The largest absolute Gasteiger partial charge is 0.485 e. The Morgan fingerprint density at radius 3 is 2.56 bits per heavy atom. The maximum absolute atomic E-state index is 13.9. The molecular formula is C24H21ClF2N6O3. The minimum absolute atomic E-state index is 0.0199. The third kappa shape index (κ3) is 5.07. The number of aliphatic hydroxyl groups is 1. The third-order valence-corrected chi connectivity index (χ3v) is 5.55. The molecule has 4 heterocycles. The second kappa shape index (κ2) is 9.67. The summed E-state index contributed by atoms with van der Waals surface area (Å²) in [6.45, 7) is 6.12. The first kappa shape index (κ1) is 25.3. The van der Waals surface area contributed by atoms with Crippen LogP contribution in [0.4, 0.5) is 8.78 Å². The predicted octanol–water partition coefficient (Wildman–Crippen LogP) is 3.83. The summed E-state index contributed by atoms with van der Waals surface area (Å²) in [4.78, 5) is 25.3. The van der Waals surface area contributed by atoms with Crippen LogP contribution in [0.25, 0.3) is 17.1 Å². The molecule has 0 bridgehead atoms. The molecule has 36 heavy (non-hydrogen) atoms. The lowest BCUT2D eigenvalue weighted by molar-refractivity contribution is 0.0688. The van der Waals surface area contributed by atoms with Gasteiger partial charge >= 0.3 is 0 Å². The molecule has 9 nitrogen and oxygen atoms in total. The molecule has 0 aliphatic rings. The highest BCUT2D eigenvalue weighted by Gasteiger charge is 2.22. The van der Waals surface area contributed by atoms with E-state index >= 15 is 0 Å². The van der Waals surface area contributed by atoms with E-state index in [0.717, 1.165) is 6.20 Å². The van der Waals surface area contributed by atoms with E-state index in [0.29, 0.717) is 34.5 Å². The molecule has 0 amide bonds. The lowest BCUT2D eigenvalue weighted by atomic mass is 10.1. The van der Waals surface area contributed by atoms with E-state index in [4.69, 9.17) is 16.3 Å². The minimum Gasteiger partial charge on any atom is -0.485 e. The SMILES string of the molecule is Cc1nnc(-c2ccnc(C(C)(C)O)n2)cc1-n1c(C)cc(OCc2ncc(F)cc2F)c(Cl)c1=O. The monoisotopic (exact) mass is 514 g/mol. The molecular weight excluding hydrogens is 494 g/mol. The second-order valence-corrected chi connectivity index (χ2v) is 8.88. The number of hydrogen-bond acceptors (Lipinski definition) is 8. The summed E-state index contributed by atoms with van der Waals surface area (Å²) in [7, 11) is 0. The van der Waals surface area contributed by atoms with E-state index in [1.54, 1.807) is 39.8 Å². The summed E-state index contributed by atoms with van der Waals surface area (Å²) in [5, 5.41) is 18.3. The molecule has 0 atom stereocenters. The first-order chi connectivity index (χ1) is 17.0. The highest BCUT2D eigenvalue weighted by molar-refractivity contribution is 6.31. The summed E-state index contributed by atoms with van der Waals surface area (Å²) in [5.41, 5.74) is 0.0674. The van der Waals surface area contributed by atoms with Gasteiger partial charge in [0.1, 0.15) is 40.2 Å². The lowest BCUT2D eigenvalue weighted by Gasteiger charge is -2.17. The first-order valence-electron chi connectivity index (χ1n) is 10.7. The van der Waals surface area contributed by atoms with Gasteiger partial charge in [0.15, 0.2) is 11.6 Å². The van der Waals surface area contributed by atoms with Crippen molar-refractivity contribution in [2.75, 3.05) is 0 Å². The normalized spacial score (nSPS) is 11.6. The van der Waals surface area contributed by atoms with Crippen molar-refractivity contribution >= 4 is 11.6 Å². The summed E-state index contributed by atoms with van der Waals surface area (Å²) in [6, 6.07) is 5.44. The van der Waals surface area contributed by atoms with Crippen LogP contribution >= 0.6 is 11.6 Å². The zero-order valence-electron chi connectivity index (χ0n) is 19.8. The van der Waals surface area contributed by atoms with Crippen LogP contribution in [-0.4, -0.2) is 34.8 Å². The number of aromatic nitrogens is 6. The number of nitrogens with zero attached hydrogens (tertiary/aromatic N) is 6. The van der Waals surface area contributed by atoms with Crippen LogP contribution in [0.15, 0.2) is 41.5 Å². The van der Waals surface area contributed by atoms with Crippen LogP contribution in [-0.2, 0) is 12.2 Å². The van der Waals surface area contributed by atoms with Crippen LogP contribution in [0.3, 0.4) is 0 Å². The lowest BCUT2D eigenvalue weighted by Crippen LogP contribution is -2.23. The van der Waals surface area contributed by atoms with Gasteiger partial charge in [0.25, 0.3) is 5.56 Å². The van der Waals surface area contributed by atoms with Crippen molar-refractivity contribution < 1.29 is 18.6 Å². The topological polar surface area (TPSA) is 116 Å². The Morgan fingerprint density at radius 2 is 1.86 bits per heavy atom.